The Morgan fingerprint density at radius 3 is 1.81 bits per heavy atom. The molecule has 0 spiro atoms. The van der Waals surface area contributed by atoms with E-state index in [0.717, 1.165) is 30.5 Å². The first kappa shape index (κ1) is 15.4. The van der Waals surface area contributed by atoms with Gasteiger partial charge < -0.3 is 9.52 Å². The molecule has 0 aliphatic rings. The van der Waals surface area contributed by atoms with Crippen molar-refractivity contribution in [1.82, 2.24) is 0 Å². The minimum absolute atomic E-state index is 0.467. The van der Waals surface area contributed by atoms with Crippen molar-refractivity contribution in [3.63, 3.8) is 0 Å². The van der Waals surface area contributed by atoms with Crippen LogP contribution in [0.1, 0.15) is 16.9 Å². The van der Waals surface area contributed by atoms with Crippen molar-refractivity contribution < 1.29 is 35.9 Å². The van der Waals surface area contributed by atoms with Crippen LogP contribution < -0.4 is 0 Å². The normalized spacial score (nSPS) is 15.8. The summed E-state index contributed by atoms with van der Waals surface area (Å²) in [5.74, 6) is -1.04. The highest BCUT2D eigenvalue weighted by Gasteiger charge is 2.60. The van der Waals surface area contributed by atoms with Gasteiger partial charge in [0.1, 0.15) is 5.76 Å². The summed E-state index contributed by atoms with van der Waals surface area (Å²) >= 11 is 0. The lowest BCUT2D eigenvalue weighted by Gasteiger charge is -2.31. The summed E-state index contributed by atoms with van der Waals surface area (Å²) in [6.07, 6.45) is -9.61. The van der Waals surface area contributed by atoms with Crippen molar-refractivity contribution in [2.24, 2.45) is 0 Å². The van der Waals surface area contributed by atoms with Gasteiger partial charge >= 0.3 is 12.4 Å². The predicted molar refractivity (Wildman–Crippen MR) is 59.2 cm³/mol. The number of rotatable bonds is 2. The molecule has 0 radical (unpaired) electrons. The van der Waals surface area contributed by atoms with Gasteiger partial charge in [0.05, 0.1) is 11.8 Å². The third-order valence-electron chi connectivity index (χ3n) is 2.91. The highest BCUT2D eigenvalue weighted by molar-refractivity contribution is 5.41. The Balaban J connectivity index is 2.77. The second kappa shape index (κ2) is 4.80. The summed E-state index contributed by atoms with van der Waals surface area (Å²) in [6, 6.07) is 4.76. The molecule has 1 heterocycles. The van der Waals surface area contributed by atoms with Crippen molar-refractivity contribution in [3.8, 4) is 0 Å². The largest absolute Gasteiger partial charge is 0.466 e. The molecule has 0 saturated heterocycles. The number of aliphatic hydroxyl groups is 1. The second-order valence-electron chi connectivity index (χ2n) is 4.23. The van der Waals surface area contributed by atoms with Crippen LogP contribution in [0.2, 0.25) is 0 Å². The van der Waals surface area contributed by atoms with Crippen LogP contribution >= 0.6 is 0 Å². The lowest BCUT2D eigenvalue weighted by atomic mass is 9.86. The van der Waals surface area contributed by atoms with Crippen LogP contribution in [0.4, 0.5) is 26.3 Å². The molecule has 0 amide bonds. The molecule has 0 saturated carbocycles. The molecule has 0 bridgehead atoms. The molecular formula is C13H8F6O2. The van der Waals surface area contributed by atoms with Gasteiger partial charge in [-0.2, -0.15) is 26.3 Å². The first-order chi connectivity index (χ1) is 9.58. The molecule has 1 aromatic carbocycles. The zero-order chi connectivity index (χ0) is 15.9. The van der Waals surface area contributed by atoms with E-state index >= 15 is 0 Å². The maximum atomic E-state index is 13.2. The highest BCUT2D eigenvalue weighted by Crippen LogP contribution is 2.48. The van der Waals surface area contributed by atoms with Crippen molar-refractivity contribution >= 4 is 0 Å². The Bertz CT molecular complexity index is 614. The van der Waals surface area contributed by atoms with Crippen LogP contribution in [0.5, 0.6) is 0 Å². The van der Waals surface area contributed by atoms with E-state index in [2.05, 4.69) is 4.42 Å². The number of furan rings is 1. The van der Waals surface area contributed by atoms with E-state index in [1.165, 1.54) is 0 Å². The van der Waals surface area contributed by atoms with Gasteiger partial charge in [0, 0.05) is 5.56 Å². The molecule has 1 unspecified atom stereocenters. The predicted octanol–water partition coefficient (Wildman–Crippen LogP) is 4.10. The maximum absolute atomic E-state index is 13.2. The first-order valence-electron chi connectivity index (χ1n) is 5.58. The molecule has 8 heteroatoms. The molecule has 0 aliphatic heterocycles. The molecule has 114 valence electrons. The van der Waals surface area contributed by atoms with Crippen molar-refractivity contribution in [1.29, 1.82) is 0 Å². The fourth-order valence-electron chi connectivity index (χ4n) is 1.96. The van der Waals surface area contributed by atoms with Crippen molar-refractivity contribution in [3.05, 3.63) is 59.5 Å². The third kappa shape index (κ3) is 2.51. The van der Waals surface area contributed by atoms with Crippen molar-refractivity contribution in [2.45, 2.75) is 18.0 Å². The first-order valence-corrected chi connectivity index (χ1v) is 5.58. The molecule has 2 rings (SSSR count). The summed E-state index contributed by atoms with van der Waals surface area (Å²) in [5, 5.41) is 10.0. The topological polar surface area (TPSA) is 33.4 Å². The second-order valence-corrected chi connectivity index (χ2v) is 4.23. The third-order valence-corrected chi connectivity index (χ3v) is 2.91. The Morgan fingerprint density at radius 1 is 0.810 bits per heavy atom. The molecule has 2 nitrogen and oxygen atoms in total. The smallest absolute Gasteiger partial charge is 0.428 e. The van der Waals surface area contributed by atoms with Gasteiger partial charge in [-0.25, -0.2) is 0 Å². The van der Waals surface area contributed by atoms with Gasteiger partial charge in [-0.15, -0.1) is 0 Å². The SMILES string of the molecule is OC(c1ccco1)(c1ccccc1C(F)(F)F)C(F)(F)F. The van der Waals surface area contributed by atoms with Crippen LogP contribution in [-0.2, 0) is 11.8 Å². The fourth-order valence-corrected chi connectivity index (χ4v) is 1.96. The van der Waals surface area contributed by atoms with E-state index < -0.39 is 34.8 Å². The molecule has 1 aromatic heterocycles. The molecule has 2 aromatic rings. The number of alkyl halides is 6. The van der Waals surface area contributed by atoms with Crippen LogP contribution in [-0.4, -0.2) is 11.3 Å². The molecular weight excluding hydrogens is 302 g/mol. The monoisotopic (exact) mass is 310 g/mol. The van der Waals surface area contributed by atoms with Crippen LogP contribution in [0, 0.1) is 0 Å². The number of hydrogen-bond acceptors (Lipinski definition) is 2. The molecule has 1 atom stereocenters. The summed E-state index contributed by atoms with van der Waals surface area (Å²) in [7, 11) is 0. The number of hydrogen-bond donors (Lipinski definition) is 1. The summed E-state index contributed by atoms with van der Waals surface area (Å²) in [6.45, 7) is 0. The quantitative estimate of drug-likeness (QED) is 0.847. The lowest BCUT2D eigenvalue weighted by Crippen LogP contribution is -2.44. The maximum Gasteiger partial charge on any atom is 0.428 e. The van der Waals surface area contributed by atoms with E-state index in [1.807, 2.05) is 0 Å². The van der Waals surface area contributed by atoms with Gasteiger partial charge in [0.25, 0.3) is 0 Å². The molecule has 0 aliphatic carbocycles. The van der Waals surface area contributed by atoms with E-state index in [1.54, 1.807) is 0 Å². The minimum atomic E-state index is -5.40. The van der Waals surface area contributed by atoms with E-state index in [0.29, 0.717) is 12.1 Å². The van der Waals surface area contributed by atoms with Gasteiger partial charge in [-0.1, -0.05) is 18.2 Å². The van der Waals surface area contributed by atoms with Gasteiger partial charge in [0.2, 0.25) is 5.60 Å². The van der Waals surface area contributed by atoms with Gasteiger partial charge in [-0.3, -0.25) is 0 Å². The fraction of sp³-hybridized carbons (Fsp3) is 0.231. The summed E-state index contributed by atoms with van der Waals surface area (Å²) in [4.78, 5) is 0. The Kier molecular flexibility index (Phi) is 3.53. The van der Waals surface area contributed by atoms with Crippen LogP contribution in [0.3, 0.4) is 0 Å². The average molecular weight is 310 g/mol. The zero-order valence-corrected chi connectivity index (χ0v) is 10.2. The van der Waals surface area contributed by atoms with E-state index in [4.69, 9.17) is 0 Å². The molecule has 21 heavy (non-hydrogen) atoms. The van der Waals surface area contributed by atoms with Gasteiger partial charge in [0.15, 0.2) is 0 Å². The van der Waals surface area contributed by atoms with Crippen LogP contribution in [0.15, 0.2) is 47.1 Å². The molecule has 0 fully saturated rings. The number of benzene rings is 1. The zero-order valence-electron chi connectivity index (χ0n) is 10.2. The van der Waals surface area contributed by atoms with E-state index in [9.17, 15) is 31.4 Å². The number of halogens is 6. The minimum Gasteiger partial charge on any atom is -0.466 e. The Labute approximate surface area is 114 Å². The van der Waals surface area contributed by atoms with Crippen LogP contribution in [0.25, 0.3) is 0 Å². The van der Waals surface area contributed by atoms with Gasteiger partial charge in [-0.05, 0) is 18.2 Å². The Morgan fingerprint density at radius 2 is 1.38 bits per heavy atom. The van der Waals surface area contributed by atoms with E-state index in [-0.39, 0.29) is 0 Å². The molecule has 1 N–H and O–H groups in total. The van der Waals surface area contributed by atoms with Crippen molar-refractivity contribution in [2.75, 3.05) is 0 Å². The highest BCUT2D eigenvalue weighted by atomic mass is 19.4. The lowest BCUT2D eigenvalue weighted by molar-refractivity contribution is -0.256. The summed E-state index contributed by atoms with van der Waals surface area (Å²) in [5.41, 5.74) is -6.80. The standard InChI is InChI=1S/C13H8F6O2/c14-12(15,16)9-5-2-1-4-8(9)11(20,13(17,18)19)10-6-3-7-21-10/h1-7,20H. The summed E-state index contributed by atoms with van der Waals surface area (Å²) < 4.78 is 82.9. The average Bonchev–Trinajstić information content (AvgIpc) is 2.89. The Hall–Kier alpha value is -1.96.